The fourth-order valence-electron chi connectivity index (χ4n) is 1.98. The van der Waals surface area contributed by atoms with E-state index in [2.05, 4.69) is 4.98 Å². The first-order valence-electron chi connectivity index (χ1n) is 5.56. The number of rotatable bonds is 4. The lowest BCUT2D eigenvalue weighted by Crippen LogP contribution is -2.20. The van der Waals surface area contributed by atoms with Crippen LogP contribution in [0, 0.1) is 6.92 Å². The van der Waals surface area contributed by atoms with Crippen LogP contribution in [0.2, 0.25) is 0 Å². The largest absolute Gasteiger partial charge is 0.469 e. The predicted molar refractivity (Wildman–Crippen MR) is 64.4 cm³/mol. The van der Waals surface area contributed by atoms with Crippen LogP contribution in [-0.4, -0.2) is 16.6 Å². The van der Waals surface area contributed by atoms with Gasteiger partial charge in [0, 0.05) is 30.4 Å². The zero-order chi connectivity index (χ0) is 12.3. The summed E-state index contributed by atoms with van der Waals surface area (Å²) in [7, 11) is 0. The Morgan fingerprint density at radius 1 is 1.35 bits per heavy atom. The number of nitrogens with two attached hydrogens (primary N) is 1. The molecule has 0 saturated heterocycles. The number of hydrogen-bond donors (Lipinski definition) is 2. The molecule has 0 aromatic carbocycles. The molecule has 2 atom stereocenters. The maximum absolute atomic E-state index is 10.3. The number of aliphatic hydroxyl groups excluding tert-OH is 1. The van der Waals surface area contributed by atoms with Gasteiger partial charge < -0.3 is 15.3 Å². The molecule has 2 unspecified atom stereocenters. The minimum absolute atomic E-state index is 0.144. The van der Waals surface area contributed by atoms with Crippen LogP contribution in [0.4, 0.5) is 0 Å². The smallest absolute Gasteiger partial charge is 0.106 e. The second kappa shape index (κ2) is 5.12. The summed E-state index contributed by atoms with van der Waals surface area (Å²) < 4.78 is 5.20. The fraction of sp³-hybridized carbons (Fsp3) is 0.308. The van der Waals surface area contributed by atoms with Gasteiger partial charge in [0.25, 0.3) is 0 Å². The summed E-state index contributed by atoms with van der Waals surface area (Å²) in [6, 6.07) is 5.52. The molecule has 2 aromatic heterocycles. The summed E-state index contributed by atoms with van der Waals surface area (Å²) in [5.74, 6) is 0.583. The highest BCUT2D eigenvalue weighted by Gasteiger charge is 2.23. The predicted octanol–water partition coefficient (Wildman–Crippen LogP) is 1.76. The van der Waals surface area contributed by atoms with E-state index in [1.54, 1.807) is 24.7 Å². The van der Waals surface area contributed by atoms with Crippen LogP contribution in [0.15, 0.2) is 41.3 Å². The number of nitrogens with zero attached hydrogens (tertiary/aromatic N) is 1. The van der Waals surface area contributed by atoms with Gasteiger partial charge in [0.1, 0.15) is 5.76 Å². The number of furan rings is 1. The molecule has 90 valence electrons. The molecular formula is C13H16N2O2. The van der Waals surface area contributed by atoms with Crippen molar-refractivity contribution in [1.29, 1.82) is 0 Å². The maximum Gasteiger partial charge on any atom is 0.106 e. The number of aliphatic hydroxyl groups is 1. The summed E-state index contributed by atoms with van der Waals surface area (Å²) >= 11 is 0. The molecule has 2 aromatic rings. The summed E-state index contributed by atoms with van der Waals surface area (Å²) in [5, 5.41) is 10.3. The standard InChI is InChI=1S/C13H16N2O2/c1-9-11(4-7-17-9)13(16)12(8-14)10-2-5-15-6-3-10/h2-7,12-13,16H,8,14H2,1H3. The van der Waals surface area contributed by atoms with Crippen molar-refractivity contribution in [2.24, 2.45) is 5.73 Å². The summed E-state index contributed by atoms with van der Waals surface area (Å²) in [6.07, 6.45) is 4.33. The van der Waals surface area contributed by atoms with Gasteiger partial charge in [-0.25, -0.2) is 0 Å². The lowest BCUT2D eigenvalue weighted by Gasteiger charge is -2.21. The van der Waals surface area contributed by atoms with Crippen molar-refractivity contribution >= 4 is 0 Å². The van der Waals surface area contributed by atoms with E-state index < -0.39 is 6.10 Å². The van der Waals surface area contributed by atoms with Crippen molar-refractivity contribution in [2.75, 3.05) is 6.54 Å². The highest BCUT2D eigenvalue weighted by Crippen LogP contribution is 2.31. The number of pyridine rings is 1. The van der Waals surface area contributed by atoms with E-state index in [0.29, 0.717) is 6.54 Å². The van der Waals surface area contributed by atoms with Crippen LogP contribution < -0.4 is 5.73 Å². The molecule has 2 heterocycles. The first-order valence-corrected chi connectivity index (χ1v) is 5.56. The fourth-order valence-corrected chi connectivity index (χ4v) is 1.98. The van der Waals surface area contributed by atoms with Gasteiger partial charge >= 0.3 is 0 Å². The Kier molecular flexibility index (Phi) is 3.56. The molecule has 0 bridgehead atoms. The molecule has 2 rings (SSSR count). The molecule has 17 heavy (non-hydrogen) atoms. The van der Waals surface area contributed by atoms with Crippen LogP contribution in [0.25, 0.3) is 0 Å². The first-order chi connectivity index (χ1) is 8.24. The molecule has 4 nitrogen and oxygen atoms in total. The van der Waals surface area contributed by atoms with Crippen molar-refractivity contribution in [3.63, 3.8) is 0 Å². The van der Waals surface area contributed by atoms with Crippen LogP contribution in [0.1, 0.15) is 28.9 Å². The molecule has 0 saturated carbocycles. The Balaban J connectivity index is 2.28. The van der Waals surface area contributed by atoms with Gasteiger partial charge in [0.15, 0.2) is 0 Å². The maximum atomic E-state index is 10.3. The molecule has 0 aliphatic heterocycles. The van der Waals surface area contributed by atoms with E-state index in [1.807, 2.05) is 19.1 Å². The van der Waals surface area contributed by atoms with Crippen molar-refractivity contribution in [2.45, 2.75) is 18.9 Å². The van der Waals surface area contributed by atoms with Crippen LogP contribution in [0.3, 0.4) is 0 Å². The second-order valence-corrected chi connectivity index (χ2v) is 4.00. The van der Waals surface area contributed by atoms with Crippen molar-refractivity contribution in [3.8, 4) is 0 Å². The van der Waals surface area contributed by atoms with Gasteiger partial charge in [-0.1, -0.05) is 0 Å². The third-order valence-corrected chi connectivity index (χ3v) is 2.99. The van der Waals surface area contributed by atoms with Gasteiger partial charge in [0.05, 0.1) is 12.4 Å². The quantitative estimate of drug-likeness (QED) is 0.842. The molecule has 0 spiro atoms. The molecule has 0 amide bonds. The summed E-state index contributed by atoms with van der Waals surface area (Å²) in [5.41, 5.74) is 7.52. The Morgan fingerprint density at radius 3 is 2.59 bits per heavy atom. The van der Waals surface area contributed by atoms with Crippen LogP contribution in [-0.2, 0) is 0 Å². The summed E-state index contributed by atoms with van der Waals surface area (Å²) in [4.78, 5) is 3.96. The topological polar surface area (TPSA) is 72.3 Å². The van der Waals surface area contributed by atoms with E-state index in [-0.39, 0.29) is 5.92 Å². The average Bonchev–Trinajstić information content (AvgIpc) is 2.77. The zero-order valence-corrected chi connectivity index (χ0v) is 9.71. The zero-order valence-electron chi connectivity index (χ0n) is 9.71. The Labute approximate surface area is 100 Å². The van der Waals surface area contributed by atoms with Crippen molar-refractivity contribution < 1.29 is 9.52 Å². The molecule has 0 radical (unpaired) electrons. The minimum atomic E-state index is -0.652. The highest BCUT2D eigenvalue weighted by atomic mass is 16.3. The molecule has 3 N–H and O–H groups in total. The molecule has 0 aliphatic rings. The van der Waals surface area contributed by atoms with Gasteiger partial charge in [-0.15, -0.1) is 0 Å². The number of hydrogen-bond acceptors (Lipinski definition) is 4. The van der Waals surface area contributed by atoms with E-state index >= 15 is 0 Å². The Hall–Kier alpha value is -1.65. The normalized spacial score (nSPS) is 14.5. The lowest BCUT2D eigenvalue weighted by atomic mass is 9.90. The SMILES string of the molecule is Cc1occc1C(O)C(CN)c1ccncc1. The average molecular weight is 232 g/mol. The van der Waals surface area contributed by atoms with Crippen molar-refractivity contribution in [1.82, 2.24) is 4.98 Å². The lowest BCUT2D eigenvalue weighted by molar-refractivity contribution is 0.145. The van der Waals surface area contributed by atoms with Crippen LogP contribution in [0.5, 0.6) is 0 Å². The van der Waals surface area contributed by atoms with E-state index in [4.69, 9.17) is 10.2 Å². The second-order valence-electron chi connectivity index (χ2n) is 4.00. The van der Waals surface area contributed by atoms with Gasteiger partial charge in [-0.2, -0.15) is 0 Å². The molecular weight excluding hydrogens is 216 g/mol. The van der Waals surface area contributed by atoms with E-state index in [1.165, 1.54) is 0 Å². The van der Waals surface area contributed by atoms with Crippen LogP contribution >= 0.6 is 0 Å². The third kappa shape index (κ3) is 2.38. The Bertz CT molecular complexity index is 467. The van der Waals surface area contributed by atoms with E-state index in [9.17, 15) is 5.11 Å². The number of aryl methyl sites for hydroxylation is 1. The molecule has 0 aliphatic carbocycles. The third-order valence-electron chi connectivity index (χ3n) is 2.99. The van der Waals surface area contributed by atoms with E-state index in [0.717, 1.165) is 16.9 Å². The van der Waals surface area contributed by atoms with Gasteiger partial charge in [0.2, 0.25) is 0 Å². The molecule has 0 fully saturated rings. The highest BCUT2D eigenvalue weighted by molar-refractivity contribution is 5.26. The number of aromatic nitrogens is 1. The van der Waals surface area contributed by atoms with Gasteiger partial charge in [-0.05, 0) is 30.7 Å². The monoisotopic (exact) mass is 232 g/mol. The first kappa shape index (κ1) is 11.8. The van der Waals surface area contributed by atoms with Crippen molar-refractivity contribution in [3.05, 3.63) is 53.7 Å². The molecule has 4 heteroatoms. The Morgan fingerprint density at radius 2 is 2.06 bits per heavy atom. The summed E-state index contributed by atoms with van der Waals surface area (Å²) in [6.45, 7) is 2.20. The van der Waals surface area contributed by atoms with Gasteiger partial charge in [-0.3, -0.25) is 4.98 Å². The minimum Gasteiger partial charge on any atom is -0.469 e.